The quantitative estimate of drug-likeness (QED) is 0.518. The van der Waals surface area contributed by atoms with Crippen LogP contribution < -0.4 is 5.46 Å². The Morgan fingerprint density at radius 1 is 1.50 bits per heavy atom. The maximum Gasteiger partial charge on any atom is 0.113 e. The maximum atomic E-state index is 5.56. The molecule has 0 saturated carbocycles. The minimum atomic E-state index is 0.462. The van der Waals surface area contributed by atoms with E-state index < -0.39 is 0 Å². The summed E-state index contributed by atoms with van der Waals surface area (Å²) in [6, 6.07) is 3.70. The predicted molar refractivity (Wildman–Crippen MR) is 43.7 cm³/mol. The van der Waals surface area contributed by atoms with Gasteiger partial charge in [-0.1, -0.05) is 25.4 Å². The van der Waals surface area contributed by atoms with Gasteiger partial charge in [0.1, 0.15) is 7.85 Å². The van der Waals surface area contributed by atoms with Gasteiger partial charge in [0, 0.05) is 11.9 Å². The Kier molecular flexibility index (Phi) is 2.10. The van der Waals surface area contributed by atoms with Crippen molar-refractivity contribution >= 4 is 13.3 Å². The molecule has 0 spiro atoms. The lowest BCUT2D eigenvalue weighted by molar-refractivity contribution is 0.824. The normalized spacial score (nSPS) is 10.3. The van der Waals surface area contributed by atoms with Crippen LogP contribution in [-0.2, 0) is 0 Å². The second-order valence-corrected chi connectivity index (χ2v) is 2.67. The molecule has 2 heteroatoms. The Bertz CT molecular complexity index is 220. The van der Waals surface area contributed by atoms with Gasteiger partial charge in [-0.3, -0.25) is 4.98 Å². The van der Waals surface area contributed by atoms with Crippen LogP contribution in [0, 0.1) is 0 Å². The van der Waals surface area contributed by atoms with Crippen molar-refractivity contribution in [2.45, 2.75) is 19.8 Å². The number of nitrogens with zero attached hydrogens (tertiary/aromatic N) is 1. The Morgan fingerprint density at radius 2 is 2.20 bits per heavy atom. The van der Waals surface area contributed by atoms with Crippen molar-refractivity contribution in [2.75, 3.05) is 0 Å². The molecule has 0 aliphatic carbocycles. The average molecular weight is 131 g/mol. The van der Waals surface area contributed by atoms with Crippen LogP contribution in [0.2, 0.25) is 0 Å². The molecule has 2 radical (unpaired) electrons. The smallest absolute Gasteiger partial charge is 0.113 e. The first-order valence-corrected chi connectivity index (χ1v) is 3.41. The molecule has 0 unspecified atom stereocenters. The largest absolute Gasteiger partial charge is 0.261 e. The summed E-state index contributed by atoms with van der Waals surface area (Å²) in [5.74, 6) is 0.462. The molecule has 0 aliphatic rings. The van der Waals surface area contributed by atoms with Crippen molar-refractivity contribution in [1.29, 1.82) is 0 Å². The Morgan fingerprint density at radius 3 is 2.60 bits per heavy atom. The molecule has 1 aromatic rings. The van der Waals surface area contributed by atoms with Crippen LogP contribution in [0.5, 0.6) is 0 Å². The fourth-order valence-electron chi connectivity index (χ4n) is 0.781. The summed E-state index contributed by atoms with van der Waals surface area (Å²) >= 11 is 0. The highest BCUT2D eigenvalue weighted by Crippen LogP contribution is 2.07. The zero-order valence-electron chi connectivity index (χ0n) is 6.33. The summed E-state index contributed by atoms with van der Waals surface area (Å²) in [5, 5.41) is 0. The summed E-state index contributed by atoms with van der Waals surface area (Å²) in [6.07, 6.45) is 1.74. The van der Waals surface area contributed by atoms with Crippen molar-refractivity contribution in [2.24, 2.45) is 0 Å². The van der Waals surface area contributed by atoms with Crippen LogP contribution in [0.25, 0.3) is 0 Å². The van der Waals surface area contributed by atoms with Crippen LogP contribution in [-0.4, -0.2) is 12.8 Å². The molecule has 0 aromatic carbocycles. The third kappa shape index (κ3) is 1.60. The molecule has 50 valence electrons. The molecule has 0 amide bonds. The molecule has 1 heterocycles. The topological polar surface area (TPSA) is 12.9 Å². The first-order valence-electron chi connectivity index (χ1n) is 3.41. The van der Waals surface area contributed by atoms with Crippen molar-refractivity contribution in [1.82, 2.24) is 4.98 Å². The van der Waals surface area contributed by atoms with E-state index in [0.717, 1.165) is 11.2 Å². The molecular formula is C8H10BN. The summed E-state index contributed by atoms with van der Waals surface area (Å²) in [7, 11) is 5.56. The van der Waals surface area contributed by atoms with Crippen LogP contribution >= 0.6 is 0 Å². The molecule has 1 rings (SSSR count). The highest BCUT2D eigenvalue weighted by atomic mass is 14.7. The van der Waals surface area contributed by atoms with E-state index in [2.05, 4.69) is 18.8 Å². The second-order valence-electron chi connectivity index (χ2n) is 2.67. The van der Waals surface area contributed by atoms with Gasteiger partial charge in [0.25, 0.3) is 0 Å². The van der Waals surface area contributed by atoms with Crippen LogP contribution in [0.3, 0.4) is 0 Å². The van der Waals surface area contributed by atoms with E-state index >= 15 is 0 Å². The zero-order valence-corrected chi connectivity index (χ0v) is 6.33. The van der Waals surface area contributed by atoms with Crippen LogP contribution in [0.15, 0.2) is 18.3 Å². The van der Waals surface area contributed by atoms with Gasteiger partial charge < -0.3 is 0 Å². The van der Waals surface area contributed by atoms with Crippen molar-refractivity contribution < 1.29 is 0 Å². The molecule has 10 heavy (non-hydrogen) atoms. The standard InChI is InChI=1S/C8H10BN/c1-6(2)8-5-7(9)3-4-10-8/h3-6H,1-2H3. The Hall–Kier alpha value is -0.785. The number of hydrogen-bond donors (Lipinski definition) is 0. The van der Waals surface area contributed by atoms with Gasteiger partial charge in [-0.15, -0.1) is 0 Å². The first kappa shape index (κ1) is 7.32. The number of aromatic nitrogens is 1. The lowest BCUT2D eigenvalue weighted by atomic mass is 9.95. The number of pyridine rings is 1. The van der Waals surface area contributed by atoms with E-state index in [1.807, 2.05) is 6.07 Å². The summed E-state index contributed by atoms with van der Waals surface area (Å²) < 4.78 is 0. The second kappa shape index (κ2) is 2.87. The van der Waals surface area contributed by atoms with Crippen LogP contribution in [0.4, 0.5) is 0 Å². The third-order valence-corrected chi connectivity index (χ3v) is 1.40. The highest BCUT2D eigenvalue weighted by molar-refractivity contribution is 6.32. The SMILES string of the molecule is [B]c1ccnc(C(C)C)c1. The Balaban J connectivity index is 2.96. The fourth-order valence-corrected chi connectivity index (χ4v) is 0.781. The lowest BCUT2D eigenvalue weighted by Gasteiger charge is -2.03. The van der Waals surface area contributed by atoms with Crippen molar-refractivity contribution in [3.63, 3.8) is 0 Å². The Labute approximate surface area is 62.9 Å². The summed E-state index contributed by atoms with van der Waals surface area (Å²) in [6.45, 7) is 4.20. The summed E-state index contributed by atoms with van der Waals surface area (Å²) in [5.41, 5.74) is 1.85. The van der Waals surface area contributed by atoms with E-state index in [4.69, 9.17) is 7.85 Å². The van der Waals surface area contributed by atoms with Gasteiger partial charge >= 0.3 is 0 Å². The molecule has 0 saturated heterocycles. The van der Waals surface area contributed by atoms with Gasteiger partial charge in [-0.05, 0) is 12.0 Å². The molecule has 0 bridgehead atoms. The molecule has 0 atom stereocenters. The van der Waals surface area contributed by atoms with Gasteiger partial charge in [-0.25, -0.2) is 0 Å². The highest BCUT2D eigenvalue weighted by Gasteiger charge is 1.97. The third-order valence-electron chi connectivity index (χ3n) is 1.40. The average Bonchev–Trinajstić information content (AvgIpc) is 1.88. The van der Waals surface area contributed by atoms with E-state index in [1.165, 1.54) is 0 Å². The van der Waals surface area contributed by atoms with Gasteiger partial charge in [0.2, 0.25) is 0 Å². The first-order chi connectivity index (χ1) is 4.70. The zero-order chi connectivity index (χ0) is 7.56. The van der Waals surface area contributed by atoms with Crippen molar-refractivity contribution in [3.05, 3.63) is 24.0 Å². The van der Waals surface area contributed by atoms with Crippen molar-refractivity contribution in [3.8, 4) is 0 Å². The molecule has 0 fully saturated rings. The predicted octanol–water partition coefficient (Wildman–Crippen LogP) is 0.999. The molecule has 1 aromatic heterocycles. The fraction of sp³-hybridized carbons (Fsp3) is 0.375. The monoisotopic (exact) mass is 131 g/mol. The van der Waals surface area contributed by atoms with Crippen LogP contribution in [0.1, 0.15) is 25.5 Å². The molecule has 1 nitrogen and oxygen atoms in total. The molecule has 0 aliphatic heterocycles. The van der Waals surface area contributed by atoms with Gasteiger partial charge in [0.15, 0.2) is 0 Å². The number of hydrogen-bond acceptors (Lipinski definition) is 1. The van der Waals surface area contributed by atoms with E-state index in [0.29, 0.717) is 5.92 Å². The van der Waals surface area contributed by atoms with E-state index in [9.17, 15) is 0 Å². The number of rotatable bonds is 1. The van der Waals surface area contributed by atoms with E-state index in [-0.39, 0.29) is 0 Å². The van der Waals surface area contributed by atoms with Gasteiger partial charge in [-0.2, -0.15) is 0 Å². The molecular weight excluding hydrogens is 121 g/mol. The lowest BCUT2D eigenvalue weighted by Crippen LogP contribution is -2.05. The molecule has 0 N–H and O–H groups in total. The van der Waals surface area contributed by atoms with E-state index in [1.54, 1.807) is 12.3 Å². The maximum absolute atomic E-state index is 5.56. The minimum absolute atomic E-state index is 0.462. The van der Waals surface area contributed by atoms with Gasteiger partial charge in [0.05, 0.1) is 0 Å². The summed E-state index contributed by atoms with van der Waals surface area (Å²) in [4.78, 5) is 4.16. The minimum Gasteiger partial charge on any atom is -0.261 e.